The van der Waals surface area contributed by atoms with Gasteiger partial charge in [0.1, 0.15) is 5.01 Å². The van der Waals surface area contributed by atoms with Crippen LogP contribution in [0.1, 0.15) is 55.3 Å². The summed E-state index contributed by atoms with van der Waals surface area (Å²) in [6.07, 6.45) is 11.2. The second kappa shape index (κ2) is 11.4. The van der Waals surface area contributed by atoms with Gasteiger partial charge in [0.2, 0.25) is 0 Å². The maximum absolute atomic E-state index is 6.18. The summed E-state index contributed by atoms with van der Waals surface area (Å²) in [5, 5.41) is 4.60. The normalized spacial score (nSPS) is 19.6. The monoisotopic (exact) mass is 492 g/mol. The number of hydrogen-bond acceptors (Lipinski definition) is 4. The number of halogens is 1. The molecule has 0 aromatic carbocycles. The van der Waals surface area contributed by atoms with Crippen LogP contribution in [-0.2, 0) is 17.7 Å². The summed E-state index contributed by atoms with van der Waals surface area (Å²) in [6.45, 7) is 5.94. The molecule has 5 nitrogen and oxygen atoms in total. The van der Waals surface area contributed by atoms with Crippen LogP contribution in [0.25, 0.3) is 0 Å². The summed E-state index contributed by atoms with van der Waals surface area (Å²) < 4.78 is 6.18. The molecular weight excluding hydrogens is 459 g/mol. The lowest BCUT2D eigenvalue weighted by Gasteiger charge is -2.34. The van der Waals surface area contributed by atoms with Gasteiger partial charge >= 0.3 is 0 Å². The van der Waals surface area contributed by atoms with Gasteiger partial charge in [-0.05, 0) is 38.0 Å². The molecule has 1 aromatic rings. The summed E-state index contributed by atoms with van der Waals surface area (Å²) in [7, 11) is 1.87. The van der Waals surface area contributed by atoms with Crippen LogP contribution in [0.5, 0.6) is 0 Å². The quantitative estimate of drug-likeness (QED) is 0.370. The van der Waals surface area contributed by atoms with Crippen molar-refractivity contribution in [3.8, 4) is 0 Å². The number of piperidine rings is 1. The highest BCUT2D eigenvalue weighted by Gasteiger charge is 2.23. The number of likely N-dealkylation sites (tertiary alicyclic amines) is 1. The average molecular weight is 492 g/mol. The molecule has 1 aliphatic carbocycles. The van der Waals surface area contributed by atoms with E-state index in [0.717, 1.165) is 62.4 Å². The Balaban J connectivity index is 0.00000243. The van der Waals surface area contributed by atoms with E-state index in [1.165, 1.54) is 30.6 Å². The maximum atomic E-state index is 6.18. The Hall–Kier alpha value is -0.410. The lowest BCUT2D eigenvalue weighted by atomic mass is 10.1. The van der Waals surface area contributed by atoms with E-state index in [4.69, 9.17) is 4.74 Å². The molecular formula is C19H33IN4OS. The SMILES string of the molecule is CCc1cnc(CNC(=NC)N2CCC(OCC3CCCC3)CC2)s1.I. The zero-order chi connectivity index (χ0) is 17.5. The molecule has 2 aliphatic rings. The lowest BCUT2D eigenvalue weighted by Crippen LogP contribution is -2.46. The molecule has 3 rings (SSSR count). The van der Waals surface area contributed by atoms with Crippen LogP contribution in [0.15, 0.2) is 11.2 Å². The molecule has 26 heavy (non-hydrogen) atoms. The Morgan fingerprint density at radius 3 is 2.65 bits per heavy atom. The van der Waals surface area contributed by atoms with Crippen molar-refractivity contribution in [2.45, 2.75) is 64.5 Å². The molecule has 0 radical (unpaired) electrons. The van der Waals surface area contributed by atoms with E-state index < -0.39 is 0 Å². The molecule has 0 unspecified atom stereocenters. The molecule has 0 amide bonds. The van der Waals surface area contributed by atoms with E-state index in [-0.39, 0.29) is 24.0 Å². The smallest absolute Gasteiger partial charge is 0.193 e. The summed E-state index contributed by atoms with van der Waals surface area (Å²) in [5.74, 6) is 1.81. The molecule has 0 bridgehead atoms. The largest absolute Gasteiger partial charge is 0.378 e. The highest BCUT2D eigenvalue weighted by atomic mass is 127. The van der Waals surface area contributed by atoms with Gasteiger partial charge in [-0.15, -0.1) is 35.3 Å². The maximum Gasteiger partial charge on any atom is 0.193 e. The first-order valence-electron chi connectivity index (χ1n) is 9.79. The molecule has 1 saturated heterocycles. The molecule has 1 N–H and O–H groups in total. The van der Waals surface area contributed by atoms with Crippen molar-refractivity contribution in [1.82, 2.24) is 15.2 Å². The lowest BCUT2D eigenvalue weighted by molar-refractivity contribution is 0.00101. The fourth-order valence-corrected chi connectivity index (χ4v) is 4.57. The van der Waals surface area contributed by atoms with Crippen LogP contribution in [0, 0.1) is 5.92 Å². The Labute approximate surface area is 179 Å². The highest BCUT2D eigenvalue weighted by Crippen LogP contribution is 2.26. The highest BCUT2D eigenvalue weighted by molar-refractivity contribution is 14.0. The number of thiazole rings is 1. The number of aliphatic imine (C=N–C) groups is 1. The molecule has 2 heterocycles. The van der Waals surface area contributed by atoms with Crippen molar-refractivity contribution in [1.29, 1.82) is 0 Å². The third-order valence-electron chi connectivity index (χ3n) is 5.34. The summed E-state index contributed by atoms with van der Waals surface area (Å²) in [6, 6.07) is 0. The standard InChI is InChI=1S/C19H32N4OS.HI/c1-3-17-12-21-18(25-17)13-22-19(20-2)23-10-8-16(9-11-23)24-14-15-6-4-5-7-15;/h12,15-16H,3-11,13-14H2,1-2H3,(H,20,22);1H. The summed E-state index contributed by atoms with van der Waals surface area (Å²) in [5.41, 5.74) is 0. The minimum absolute atomic E-state index is 0. The molecule has 7 heteroatoms. The Morgan fingerprint density at radius 1 is 1.31 bits per heavy atom. The van der Waals surface area contributed by atoms with Crippen LogP contribution >= 0.6 is 35.3 Å². The second-order valence-corrected chi connectivity index (χ2v) is 8.34. The number of rotatable bonds is 6. The van der Waals surface area contributed by atoms with Gasteiger partial charge in [0.25, 0.3) is 0 Å². The summed E-state index contributed by atoms with van der Waals surface area (Å²) >= 11 is 1.78. The molecule has 2 fully saturated rings. The Bertz CT molecular complexity index is 551. The van der Waals surface area contributed by atoms with E-state index in [9.17, 15) is 0 Å². The first kappa shape index (κ1) is 21.9. The number of nitrogens with zero attached hydrogens (tertiary/aromatic N) is 3. The van der Waals surface area contributed by atoms with E-state index in [2.05, 4.69) is 27.1 Å². The zero-order valence-corrected chi connectivity index (χ0v) is 19.2. The number of nitrogens with one attached hydrogen (secondary N) is 1. The van der Waals surface area contributed by atoms with Crippen molar-refractivity contribution in [2.75, 3.05) is 26.7 Å². The average Bonchev–Trinajstić information content (AvgIpc) is 3.33. The van der Waals surface area contributed by atoms with Crippen molar-refractivity contribution in [2.24, 2.45) is 10.9 Å². The van der Waals surface area contributed by atoms with Crippen LogP contribution in [0.4, 0.5) is 0 Å². The molecule has 0 spiro atoms. The predicted molar refractivity (Wildman–Crippen MR) is 120 cm³/mol. The van der Waals surface area contributed by atoms with Gasteiger partial charge in [-0.25, -0.2) is 4.98 Å². The molecule has 148 valence electrons. The zero-order valence-electron chi connectivity index (χ0n) is 16.1. The minimum atomic E-state index is 0. The molecule has 1 aliphatic heterocycles. The van der Waals surface area contributed by atoms with Crippen LogP contribution in [-0.4, -0.2) is 48.7 Å². The van der Waals surface area contributed by atoms with Gasteiger partial charge < -0.3 is 15.0 Å². The first-order chi connectivity index (χ1) is 12.3. The minimum Gasteiger partial charge on any atom is -0.378 e. The number of guanidine groups is 1. The fourth-order valence-electron chi connectivity index (χ4n) is 3.76. The molecule has 1 aromatic heterocycles. The van der Waals surface area contributed by atoms with Crippen LogP contribution in [0.2, 0.25) is 0 Å². The van der Waals surface area contributed by atoms with Crippen LogP contribution < -0.4 is 5.32 Å². The van der Waals surface area contributed by atoms with Gasteiger partial charge in [0.05, 0.1) is 12.6 Å². The Kier molecular flexibility index (Phi) is 9.63. The van der Waals surface area contributed by atoms with E-state index in [1.54, 1.807) is 11.3 Å². The first-order valence-corrected chi connectivity index (χ1v) is 10.6. The van der Waals surface area contributed by atoms with Gasteiger partial charge in [0, 0.05) is 37.8 Å². The third-order valence-corrected chi connectivity index (χ3v) is 6.48. The van der Waals surface area contributed by atoms with Gasteiger partial charge in [-0.2, -0.15) is 0 Å². The van der Waals surface area contributed by atoms with Crippen molar-refractivity contribution in [3.63, 3.8) is 0 Å². The van der Waals surface area contributed by atoms with E-state index in [1.807, 2.05) is 13.2 Å². The van der Waals surface area contributed by atoms with Crippen LogP contribution in [0.3, 0.4) is 0 Å². The van der Waals surface area contributed by atoms with Crippen molar-refractivity contribution < 1.29 is 4.74 Å². The number of ether oxygens (including phenoxy) is 1. The molecule has 1 saturated carbocycles. The Morgan fingerprint density at radius 2 is 2.04 bits per heavy atom. The van der Waals surface area contributed by atoms with E-state index in [0.29, 0.717) is 6.10 Å². The number of aryl methyl sites for hydroxylation is 1. The fraction of sp³-hybridized carbons (Fsp3) is 0.789. The van der Waals surface area contributed by atoms with Crippen molar-refractivity contribution in [3.05, 3.63) is 16.1 Å². The van der Waals surface area contributed by atoms with Gasteiger partial charge in [0.15, 0.2) is 5.96 Å². The summed E-state index contributed by atoms with van der Waals surface area (Å²) in [4.78, 5) is 12.6. The molecule has 0 atom stereocenters. The third kappa shape index (κ3) is 6.34. The van der Waals surface area contributed by atoms with Crippen molar-refractivity contribution >= 4 is 41.3 Å². The van der Waals surface area contributed by atoms with E-state index >= 15 is 0 Å². The number of aromatic nitrogens is 1. The topological polar surface area (TPSA) is 49.8 Å². The van der Waals surface area contributed by atoms with Gasteiger partial charge in [-0.1, -0.05) is 19.8 Å². The predicted octanol–water partition coefficient (Wildman–Crippen LogP) is 4.07. The van der Waals surface area contributed by atoms with Gasteiger partial charge in [-0.3, -0.25) is 4.99 Å². The number of hydrogen-bond donors (Lipinski definition) is 1. The second-order valence-electron chi connectivity index (χ2n) is 7.14.